The third-order valence-corrected chi connectivity index (χ3v) is 4.22. The molecule has 1 N–H and O–H groups in total. The molecule has 0 unspecified atom stereocenters. The maximum atomic E-state index is 12.0. The van der Waals surface area contributed by atoms with E-state index in [1.54, 1.807) is 0 Å². The van der Waals surface area contributed by atoms with Gasteiger partial charge in [0.2, 0.25) is 5.91 Å². The van der Waals surface area contributed by atoms with Gasteiger partial charge < -0.3 is 10.2 Å². The zero-order chi connectivity index (χ0) is 16.8. The maximum absolute atomic E-state index is 12.0. The maximum Gasteiger partial charge on any atom is 0.336 e. The second-order valence-corrected chi connectivity index (χ2v) is 5.89. The molecule has 3 amide bonds. The van der Waals surface area contributed by atoms with E-state index in [1.807, 2.05) is 0 Å². The van der Waals surface area contributed by atoms with Crippen molar-refractivity contribution in [1.82, 2.24) is 10.4 Å². The molecular weight excluding hydrogens is 300 g/mol. The number of rotatable bonds is 5. The molecule has 2 fully saturated rings. The third-order valence-electron chi connectivity index (χ3n) is 4.22. The summed E-state index contributed by atoms with van der Waals surface area (Å²) in [5, 5.41) is 3.36. The first-order valence-corrected chi connectivity index (χ1v) is 7.79. The molecule has 7 heteroatoms. The zero-order valence-corrected chi connectivity index (χ0v) is 12.9. The predicted octanol–water partition coefficient (Wildman–Crippen LogP) is 0.539. The van der Waals surface area contributed by atoms with E-state index in [-0.39, 0.29) is 31.1 Å². The van der Waals surface area contributed by atoms with Gasteiger partial charge in [-0.1, -0.05) is 5.92 Å². The van der Waals surface area contributed by atoms with Crippen LogP contribution in [0, 0.1) is 24.2 Å². The number of hydroxylamine groups is 2. The van der Waals surface area contributed by atoms with Crippen LogP contribution >= 0.6 is 0 Å². The van der Waals surface area contributed by atoms with Crippen LogP contribution in [-0.2, 0) is 24.0 Å². The fraction of sp³-hybridized carbons (Fsp3) is 0.625. The minimum Gasteiger partial charge on any atom is -0.355 e. The van der Waals surface area contributed by atoms with Gasteiger partial charge in [0, 0.05) is 19.4 Å². The Balaban J connectivity index is 1.72. The number of carbonyl (C=O) groups is 4. The van der Waals surface area contributed by atoms with E-state index in [0.717, 1.165) is 12.8 Å². The molecule has 1 heterocycles. The van der Waals surface area contributed by atoms with Gasteiger partial charge in [-0.25, -0.2) is 4.79 Å². The summed E-state index contributed by atoms with van der Waals surface area (Å²) in [5.41, 5.74) is 0. The Morgan fingerprint density at radius 2 is 1.78 bits per heavy atom. The van der Waals surface area contributed by atoms with Crippen LogP contribution < -0.4 is 5.32 Å². The highest BCUT2D eigenvalue weighted by atomic mass is 16.7. The molecule has 124 valence electrons. The van der Waals surface area contributed by atoms with Crippen molar-refractivity contribution >= 4 is 23.7 Å². The lowest BCUT2D eigenvalue weighted by Gasteiger charge is -2.27. The highest BCUT2D eigenvalue weighted by molar-refractivity contribution is 6.01. The van der Waals surface area contributed by atoms with Crippen molar-refractivity contribution in [3.8, 4) is 12.3 Å². The van der Waals surface area contributed by atoms with Gasteiger partial charge in [-0.2, -0.15) is 0 Å². The van der Waals surface area contributed by atoms with Crippen LogP contribution in [0.3, 0.4) is 0 Å². The van der Waals surface area contributed by atoms with Gasteiger partial charge in [-0.15, -0.1) is 11.5 Å². The van der Waals surface area contributed by atoms with Gasteiger partial charge in [0.1, 0.15) is 0 Å². The normalized spacial score (nSPS) is 24.2. The number of nitrogens with zero attached hydrogens (tertiary/aromatic N) is 1. The summed E-state index contributed by atoms with van der Waals surface area (Å²) in [4.78, 5) is 51.2. The number of amides is 3. The second-order valence-electron chi connectivity index (χ2n) is 5.89. The summed E-state index contributed by atoms with van der Waals surface area (Å²) in [5.74, 6) is 0.656. The summed E-state index contributed by atoms with van der Waals surface area (Å²) < 4.78 is 0. The predicted molar refractivity (Wildman–Crippen MR) is 79.1 cm³/mol. The molecule has 1 aliphatic heterocycles. The van der Waals surface area contributed by atoms with Gasteiger partial charge in [0.15, 0.2) is 0 Å². The standard InChI is InChI=1S/C16H20N2O5/c1-2-3-13(19)17-10-11-4-6-12(7-5-11)16(22)23-18-14(20)8-9-15(18)21/h1,11-12H,3-10H2,(H,17,19). The van der Waals surface area contributed by atoms with Crippen molar-refractivity contribution in [2.45, 2.75) is 44.9 Å². The molecule has 0 spiro atoms. The molecule has 0 bridgehead atoms. The quantitative estimate of drug-likeness (QED) is 0.589. The van der Waals surface area contributed by atoms with Crippen molar-refractivity contribution in [3.63, 3.8) is 0 Å². The molecule has 0 radical (unpaired) electrons. The highest BCUT2D eigenvalue weighted by Crippen LogP contribution is 2.30. The molecule has 1 saturated carbocycles. The van der Waals surface area contributed by atoms with Crippen LogP contribution in [0.15, 0.2) is 0 Å². The van der Waals surface area contributed by atoms with Crippen LogP contribution in [0.25, 0.3) is 0 Å². The summed E-state index contributed by atoms with van der Waals surface area (Å²) >= 11 is 0. The lowest BCUT2D eigenvalue weighted by molar-refractivity contribution is -0.201. The van der Waals surface area contributed by atoms with Crippen LogP contribution in [0.2, 0.25) is 0 Å². The lowest BCUT2D eigenvalue weighted by Crippen LogP contribution is -2.37. The van der Waals surface area contributed by atoms with E-state index in [4.69, 9.17) is 11.3 Å². The second kappa shape index (κ2) is 7.77. The summed E-state index contributed by atoms with van der Waals surface area (Å²) in [6, 6.07) is 0. The molecule has 0 aromatic rings. The summed E-state index contributed by atoms with van der Waals surface area (Å²) in [7, 11) is 0. The van der Waals surface area contributed by atoms with E-state index in [0.29, 0.717) is 30.4 Å². The molecule has 1 saturated heterocycles. The van der Waals surface area contributed by atoms with Crippen molar-refractivity contribution in [2.75, 3.05) is 6.54 Å². The number of nitrogens with one attached hydrogen (secondary N) is 1. The molecule has 2 aliphatic rings. The minimum absolute atomic E-state index is 0.0690. The highest BCUT2D eigenvalue weighted by Gasteiger charge is 2.36. The number of hydrogen-bond donors (Lipinski definition) is 1. The Morgan fingerprint density at radius 3 is 2.35 bits per heavy atom. The first-order valence-electron chi connectivity index (χ1n) is 7.79. The van der Waals surface area contributed by atoms with Gasteiger partial charge >= 0.3 is 5.97 Å². The van der Waals surface area contributed by atoms with E-state index in [1.165, 1.54) is 0 Å². The molecule has 0 aromatic heterocycles. The third kappa shape index (κ3) is 4.55. The van der Waals surface area contributed by atoms with Crippen LogP contribution in [-0.4, -0.2) is 35.3 Å². The Labute approximate surface area is 134 Å². The van der Waals surface area contributed by atoms with Crippen molar-refractivity contribution < 1.29 is 24.0 Å². The smallest absolute Gasteiger partial charge is 0.336 e. The van der Waals surface area contributed by atoms with Gasteiger partial charge in [0.25, 0.3) is 11.8 Å². The summed E-state index contributed by atoms with van der Waals surface area (Å²) in [6.07, 6.45) is 8.10. The molecule has 2 rings (SSSR count). The SMILES string of the molecule is C#CCC(=O)NCC1CCC(C(=O)ON2C(=O)CCC2=O)CC1. The van der Waals surface area contributed by atoms with Gasteiger partial charge in [-0.05, 0) is 31.6 Å². The molecule has 0 aromatic carbocycles. The van der Waals surface area contributed by atoms with E-state index in [9.17, 15) is 19.2 Å². The Morgan fingerprint density at radius 1 is 1.17 bits per heavy atom. The summed E-state index contributed by atoms with van der Waals surface area (Å²) in [6.45, 7) is 0.547. The molecule has 1 aliphatic carbocycles. The first kappa shape index (κ1) is 17.0. The average Bonchev–Trinajstić information content (AvgIpc) is 2.85. The Hall–Kier alpha value is -2.36. The van der Waals surface area contributed by atoms with E-state index < -0.39 is 17.8 Å². The Bertz CT molecular complexity index is 527. The first-order chi connectivity index (χ1) is 11.0. The van der Waals surface area contributed by atoms with Crippen molar-refractivity contribution in [2.24, 2.45) is 11.8 Å². The van der Waals surface area contributed by atoms with E-state index >= 15 is 0 Å². The molecule has 23 heavy (non-hydrogen) atoms. The van der Waals surface area contributed by atoms with Crippen LogP contribution in [0.4, 0.5) is 0 Å². The largest absolute Gasteiger partial charge is 0.355 e. The number of terminal acetylenes is 1. The Kier molecular flexibility index (Phi) is 5.74. The van der Waals surface area contributed by atoms with E-state index in [2.05, 4.69) is 11.2 Å². The number of imide groups is 1. The van der Waals surface area contributed by atoms with Crippen molar-refractivity contribution in [1.29, 1.82) is 0 Å². The number of carbonyl (C=O) groups excluding carboxylic acids is 4. The van der Waals surface area contributed by atoms with Crippen LogP contribution in [0.5, 0.6) is 0 Å². The fourth-order valence-electron chi connectivity index (χ4n) is 2.84. The molecule has 7 nitrogen and oxygen atoms in total. The average molecular weight is 320 g/mol. The van der Waals surface area contributed by atoms with Crippen molar-refractivity contribution in [3.05, 3.63) is 0 Å². The fourth-order valence-corrected chi connectivity index (χ4v) is 2.84. The van der Waals surface area contributed by atoms with Gasteiger partial charge in [0.05, 0.1) is 12.3 Å². The topological polar surface area (TPSA) is 92.8 Å². The molecular formula is C16H20N2O5. The van der Waals surface area contributed by atoms with Gasteiger partial charge in [-0.3, -0.25) is 14.4 Å². The number of hydrogen-bond acceptors (Lipinski definition) is 5. The molecule has 0 atom stereocenters. The van der Waals surface area contributed by atoms with Crippen LogP contribution in [0.1, 0.15) is 44.9 Å². The lowest BCUT2D eigenvalue weighted by atomic mass is 9.82. The minimum atomic E-state index is -0.525. The monoisotopic (exact) mass is 320 g/mol. The zero-order valence-electron chi connectivity index (χ0n) is 12.9.